The normalized spacial score (nSPS) is 17.3. The molecule has 5 nitrogen and oxygen atoms in total. The Kier molecular flexibility index (Phi) is 4.13. The highest BCUT2D eigenvalue weighted by atomic mass is 16.7. The van der Waals surface area contributed by atoms with E-state index in [-0.39, 0.29) is 18.3 Å². The maximum absolute atomic E-state index is 6.36. The summed E-state index contributed by atoms with van der Waals surface area (Å²) in [5.41, 5.74) is 6.12. The first-order valence-corrected chi connectivity index (χ1v) is 12.0. The zero-order chi connectivity index (χ0) is 23.9. The van der Waals surface area contributed by atoms with Crippen LogP contribution >= 0.6 is 0 Å². The van der Waals surface area contributed by atoms with Crippen molar-refractivity contribution in [3.63, 3.8) is 0 Å². The summed E-state index contributed by atoms with van der Waals surface area (Å²) in [5.74, 6) is 0. The van der Waals surface area contributed by atoms with Crippen molar-refractivity contribution in [3.05, 3.63) is 79.0 Å². The summed E-state index contributed by atoms with van der Waals surface area (Å²) in [6.07, 6.45) is 1.84. The van der Waals surface area contributed by atoms with Gasteiger partial charge in [0.15, 0.2) is 0 Å². The Hall–Kier alpha value is -3.61. The summed E-state index contributed by atoms with van der Waals surface area (Å²) in [5, 5.41) is 3.26. The molecule has 3 aromatic heterocycles. The SMILES string of the molecule is CC1(C)OB(c2ccc(-n3c4cccnc4c4c5oc6ccccc6c5ccc43)cc2)OC1(C)C. The van der Waals surface area contributed by atoms with Gasteiger partial charge in [0.05, 0.1) is 27.6 Å². The van der Waals surface area contributed by atoms with Gasteiger partial charge in [0, 0.05) is 22.7 Å². The van der Waals surface area contributed by atoms with Crippen LogP contribution in [0.15, 0.2) is 83.4 Å². The molecule has 1 aliphatic heterocycles. The molecule has 0 bridgehead atoms. The van der Waals surface area contributed by atoms with Gasteiger partial charge in [-0.15, -0.1) is 0 Å². The molecule has 4 heterocycles. The highest BCUT2D eigenvalue weighted by Gasteiger charge is 2.51. The van der Waals surface area contributed by atoms with Crippen molar-refractivity contribution in [3.8, 4) is 5.69 Å². The van der Waals surface area contributed by atoms with E-state index in [0.717, 1.165) is 55.0 Å². The van der Waals surface area contributed by atoms with Crippen molar-refractivity contribution in [1.29, 1.82) is 0 Å². The smallest absolute Gasteiger partial charge is 0.455 e. The topological polar surface area (TPSA) is 49.4 Å². The Labute approximate surface area is 203 Å². The van der Waals surface area contributed by atoms with Crippen molar-refractivity contribution in [2.24, 2.45) is 0 Å². The average Bonchev–Trinajstić information content (AvgIpc) is 3.45. The average molecular weight is 460 g/mol. The highest BCUT2D eigenvalue weighted by molar-refractivity contribution is 6.62. The van der Waals surface area contributed by atoms with Crippen LogP contribution in [-0.4, -0.2) is 27.9 Å². The zero-order valence-corrected chi connectivity index (χ0v) is 20.2. The van der Waals surface area contributed by atoms with Crippen LogP contribution in [0.3, 0.4) is 0 Å². The minimum atomic E-state index is -0.385. The van der Waals surface area contributed by atoms with Gasteiger partial charge in [-0.05, 0) is 75.6 Å². The van der Waals surface area contributed by atoms with Crippen LogP contribution in [-0.2, 0) is 9.31 Å². The highest BCUT2D eigenvalue weighted by Crippen LogP contribution is 2.40. The van der Waals surface area contributed by atoms with E-state index in [1.165, 1.54) is 0 Å². The van der Waals surface area contributed by atoms with Gasteiger partial charge in [-0.2, -0.15) is 0 Å². The van der Waals surface area contributed by atoms with Gasteiger partial charge in [-0.3, -0.25) is 4.98 Å². The van der Waals surface area contributed by atoms with Crippen molar-refractivity contribution >= 4 is 56.5 Å². The zero-order valence-electron chi connectivity index (χ0n) is 20.2. The summed E-state index contributed by atoms with van der Waals surface area (Å²) >= 11 is 0. The van der Waals surface area contributed by atoms with E-state index in [4.69, 9.17) is 18.7 Å². The molecule has 0 radical (unpaired) electrons. The maximum Gasteiger partial charge on any atom is 0.494 e. The van der Waals surface area contributed by atoms with Crippen molar-refractivity contribution in [2.45, 2.75) is 38.9 Å². The number of aromatic nitrogens is 2. The largest absolute Gasteiger partial charge is 0.494 e. The lowest BCUT2D eigenvalue weighted by molar-refractivity contribution is 0.00578. The Morgan fingerprint density at radius 3 is 2.26 bits per heavy atom. The summed E-state index contributed by atoms with van der Waals surface area (Å²) in [7, 11) is -0.385. The molecular weight excluding hydrogens is 435 g/mol. The molecule has 0 amide bonds. The van der Waals surface area contributed by atoms with Crippen LogP contribution < -0.4 is 5.46 Å². The van der Waals surface area contributed by atoms with Crippen molar-refractivity contribution < 1.29 is 13.7 Å². The van der Waals surface area contributed by atoms with Gasteiger partial charge in [0.2, 0.25) is 0 Å². The fourth-order valence-corrected chi connectivity index (χ4v) is 5.13. The molecule has 1 saturated heterocycles. The number of pyridine rings is 1. The van der Waals surface area contributed by atoms with Crippen LogP contribution in [0.2, 0.25) is 0 Å². The number of hydrogen-bond acceptors (Lipinski definition) is 4. The van der Waals surface area contributed by atoms with E-state index >= 15 is 0 Å². The Morgan fingerprint density at radius 2 is 1.49 bits per heavy atom. The Balaban J connectivity index is 1.42. The molecule has 6 heteroatoms. The van der Waals surface area contributed by atoms with Gasteiger partial charge in [-0.1, -0.05) is 30.3 Å². The predicted molar refractivity (Wildman–Crippen MR) is 142 cm³/mol. The van der Waals surface area contributed by atoms with E-state index < -0.39 is 0 Å². The fourth-order valence-electron chi connectivity index (χ4n) is 5.13. The molecule has 0 saturated carbocycles. The van der Waals surface area contributed by atoms with Gasteiger partial charge >= 0.3 is 7.12 Å². The van der Waals surface area contributed by atoms with E-state index in [0.29, 0.717) is 0 Å². The predicted octanol–water partition coefficient (Wildman–Crippen LogP) is 6.38. The Morgan fingerprint density at radius 1 is 0.743 bits per heavy atom. The molecule has 7 rings (SSSR count). The second-order valence-corrected chi connectivity index (χ2v) is 10.3. The van der Waals surface area contributed by atoms with Crippen LogP contribution in [0.25, 0.3) is 49.6 Å². The van der Waals surface area contributed by atoms with E-state index in [1.807, 2.05) is 30.5 Å². The molecule has 0 atom stereocenters. The molecule has 0 N–H and O–H groups in total. The van der Waals surface area contributed by atoms with Gasteiger partial charge < -0.3 is 18.3 Å². The minimum absolute atomic E-state index is 0.368. The number of fused-ring (bicyclic) bond motifs is 7. The third-order valence-corrected chi connectivity index (χ3v) is 7.71. The minimum Gasteiger partial charge on any atom is -0.455 e. The van der Waals surface area contributed by atoms with Crippen LogP contribution in [0, 0.1) is 0 Å². The van der Waals surface area contributed by atoms with Gasteiger partial charge in [-0.25, -0.2) is 0 Å². The number of para-hydroxylation sites is 1. The summed E-state index contributed by atoms with van der Waals surface area (Å²) in [6.45, 7) is 8.30. The molecule has 0 unspecified atom stereocenters. The van der Waals surface area contributed by atoms with Gasteiger partial charge in [0.25, 0.3) is 0 Å². The Bertz CT molecular complexity index is 1750. The first-order valence-electron chi connectivity index (χ1n) is 12.0. The van der Waals surface area contributed by atoms with E-state index in [1.54, 1.807) is 0 Å². The lowest BCUT2D eigenvalue weighted by Crippen LogP contribution is -2.41. The second kappa shape index (κ2) is 6.97. The first kappa shape index (κ1) is 20.7. The number of rotatable bonds is 2. The van der Waals surface area contributed by atoms with Crippen LogP contribution in [0.4, 0.5) is 0 Å². The fraction of sp³-hybridized carbons (Fsp3) is 0.207. The van der Waals surface area contributed by atoms with Crippen molar-refractivity contribution in [1.82, 2.24) is 9.55 Å². The first-order chi connectivity index (χ1) is 16.8. The lowest BCUT2D eigenvalue weighted by atomic mass is 9.79. The molecule has 0 aliphatic carbocycles. The molecule has 35 heavy (non-hydrogen) atoms. The third kappa shape index (κ3) is 2.87. The van der Waals surface area contributed by atoms with Crippen LogP contribution in [0.5, 0.6) is 0 Å². The summed E-state index contributed by atoms with van der Waals surface area (Å²) in [6, 6.07) is 25.0. The third-order valence-electron chi connectivity index (χ3n) is 7.71. The number of hydrogen-bond donors (Lipinski definition) is 0. The number of nitrogens with zero attached hydrogens (tertiary/aromatic N) is 2. The molecule has 6 aromatic rings. The molecule has 3 aromatic carbocycles. The van der Waals surface area contributed by atoms with E-state index in [2.05, 4.69) is 80.8 Å². The van der Waals surface area contributed by atoms with E-state index in [9.17, 15) is 0 Å². The molecule has 1 fully saturated rings. The second-order valence-electron chi connectivity index (χ2n) is 10.3. The lowest BCUT2D eigenvalue weighted by Gasteiger charge is -2.32. The van der Waals surface area contributed by atoms with Crippen LogP contribution in [0.1, 0.15) is 27.7 Å². The van der Waals surface area contributed by atoms with Crippen molar-refractivity contribution in [2.75, 3.05) is 0 Å². The summed E-state index contributed by atoms with van der Waals surface area (Å²) < 4.78 is 21.1. The standard InChI is InChI=1S/C29H25BN2O3/c1-28(2)29(3,4)35-30(34-28)18-11-13-19(14-12-18)32-22-16-15-21-20-8-5-6-10-24(20)33-27(21)25(22)26-23(32)9-7-17-31-26/h5-17H,1-4H3. The number of benzene rings is 3. The monoisotopic (exact) mass is 460 g/mol. The number of furan rings is 1. The molecule has 0 spiro atoms. The molecule has 1 aliphatic rings. The summed E-state index contributed by atoms with van der Waals surface area (Å²) in [4.78, 5) is 4.77. The molecular formula is C29H25BN2O3. The van der Waals surface area contributed by atoms with Gasteiger partial charge in [0.1, 0.15) is 16.7 Å². The molecule has 172 valence electrons. The quantitative estimate of drug-likeness (QED) is 0.282. The maximum atomic E-state index is 6.36.